The smallest absolute Gasteiger partial charge is 0.317 e. The van der Waals surface area contributed by atoms with E-state index in [4.69, 9.17) is 0 Å². The van der Waals surface area contributed by atoms with Crippen LogP contribution in [-0.2, 0) is 4.79 Å². The maximum Gasteiger partial charge on any atom is 0.317 e. The zero-order valence-electron chi connectivity index (χ0n) is 16.5. The van der Waals surface area contributed by atoms with E-state index in [2.05, 4.69) is 29.0 Å². The molecule has 0 bridgehead atoms. The normalized spacial score (nSPS) is 25.1. The van der Waals surface area contributed by atoms with Gasteiger partial charge in [-0.3, -0.25) is 9.69 Å². The molecule has 0 aromatic heterocycles. The molecule has 2 rings (SSSR count). The summed E-state index contributed by atoms with van der Waals surface area (Å²) in [4.78, 5) is 31.2. The Bertz CT molecular complexity index is 435. The third-order valence-electron chi connectivity index (χ3n) is 5.81. The summed E-state index contributed by atoms with van der Waals surface area (Å²) < 4.78 is 0. The molecule has 1 saturated carbocycles. The molecule has 6 heteroatoms. The molecule has 3 amide bonds. The van der Waals surface area contributed by atoms with Gasteiger partial charge in [0.05, 0.1) is 0 Å². The zero-order valence-corrected chi connectivity index (χ0v) is 16.5. The second kappa shape index (κ2) is 9.41. The van der Waals surface area contributed by atoms with Crippen LogP contribution in [0.15, 0.2) is 0 Å². The molecule has 1 N–H and O–H groups in total. The van der Waals surface area contributed by atoms with E-state index in [-0.39, 0.29) is 18.0 Å². The standard InChI is InChI=1S/C19H36N4O2/c1-5-21(6-2)19(25)20-17-9-7-16(8-10-17)18(24)23-13-11-22(12-14-23)15(3)4/h15-17H,5-14H2,1-4H3,(H,20,25)/t16-,17-. The summed E-state index contributed by atoms with van der Waals surface area (Å²) in [5, 5.41) is 3.13. The fourth-order valence-corrected chi connectivity index (χ4v) is 3.98. The molecular formula is C19H36N4O2. The van der Waals surface area contributed by atoms with Gasteiger partial charge in [-0.15, -0.1) is 0 Å². The highest BCUT2D eigenvalue weighted by molar-refractivity contribution is 5.79. The first-order valence-electron chi connectivity index (χ1n) is 10.0. The first kappa shape index (κ1) is 20.0. The number of amides is 3. The van der Waals surface area contributed by atoms with Crippen molar-refractivity contribution in [1.82, 2.24) is 20.0 Å². The molecule has 1 saturated heterocycles. The first-order chi connectivity index (χ1) is 12.0. The SMILES string of the molecule is CCN(CC)C(=O)N[C@H]1CC[C@H](C(=O)N2CCN(C(C)C)CC2)CC1. The Kier molecular flexibility index (Phi) is 7.54. The van der Waals surface area contributed by atoms with E-state index in [1.807, 2.05) is 18.7 Å². The largest absolute Gasteiger partial charge is 0.340 e. The summed E-state index contributed by atoms with van der Waals surface area (Å²) in [6, 6.07) is 0.807. The first-order valence-corrected chi connectivity index (χ1v) is 10.0. The van der Waals surface area contributed by atoms with E-state index in [0.717, 1.165) is 65.0 Å². The highest BCUT2D eigenvalue weighted by atomic mass is 16.2. The molecule has 1 aliphatic carbocycles. The summed E-state index contributed by atoms with van der Waals surface area (Å²) in [6.07, 6.45) is 3.61. The molecule has 0 aromatic rings. The Morgan fingerprint density at radius 2 is 1.56 bits per heavy atom. The minimum atomic E-state index is 0.0320. The second-order valence-corrected chi connectivity index (χ2v) is 7.63. The average molecular weight is 353 g/mol. The highest BCUT2D eigenvalue weighted by Crippen LogP contribution is 2.26. The quantitative estimate of drug-likeness (QED) is 0.825. The number of carbonyl (C=O) groups excluding carboxylic acids is 2. The van der Waals surface area contributed by atoms with Gasteiger partial charge in [0, 0.05) is 57.3 Å². The fraction of sp³-hybridized carbons (Fsp3) is 0.895. The van der Waals surface area contributed by atoms with Gasteiger partial charge in [0.2, 0.25) is 5.91 Å². The van der Waals surface area contributed by atoms with Crippen molar-refractivity contribution in [2.45, 2.75) is 65.5 Å². The maximum atomic E-state index is 12.8. The van der Waals surface area contributed by atoms with Crippen LogP contribution in [0.2, 0.25) is 0 Å². The molecule has 25 heavy (non-hydrogen) atoms. The van der Waals surface area contributed by atoms with Gasteiger partial charge in [0.15, 0.2) is 0 Å². The molecule has 6 nitrogen and oxygen atoms in total. The van der Waals surface area contributed by atoms with E-state index in [9.17, 15) is 9.59 Å². The topological polar surface area (TPSA) is 55.9 Å². The molecule has 2 fully saturated rings. The van der Waals surface area contributed by atoms with Crippen LogP contribution < -0.4 is 5.32 Å². The van der Waals surface area contributed by atoms with Crippen LogP contribution in [0.5, 0.6) is 0 Å². The van der Waals surface area contributed by atoms with Crippen molar-refractivity contribution in [3.05, 3.63) is 0 Å². The van der Waals surface area contributed by atoms with E-state index in [1.54, 1.807) is 0 Å². The summed E-state index contributed by atoms with van der Waals surface area (Å²) in [5.74, 6) is 0.476. The molecule has 0 spiro atoms. The average Bonchev–Trinajstić information content (AvgIpc) is 2.63. The van der Waals surface area contributed by atoms with Crippen LogP contribution in [-0.4, -0.2) is 78.0 Å². The lowest BCUT2D eigenvalue weighted by Crippen LogP contribution is -2.53. The molecule has 2 aliphatic rings. The zero-order chi connectivity index (χ0) is 18.4. The number of hydrogen-bond acceptors (Lipinski definition) is 3. The number of hydrogen-bond donors (Lipinski definition) is 1. The van der Waals surface area contributed by atoms with Gasteiger partial charge in [0.25, 0.3) is 0 Å². The van der Waals surface area contributed by atoms with Crippen molar-refractivity contribution in [2.24, 2.45) is 5.92 Å². The van der Waals surface area contributed by atoms with Crippen LogP contribution in [0, 0.1) is 5.92 Å². The second-order valence-electron chi connectivity index (χ2n) is 7.63. The molecule has 0 unspecified atom stereocenters. The van der Waals surface area contributed by atoms with Gasteiger partial charge in [-0.25, -0.2) is 4.79 Å². The Hall–Kier alpha value is -1.30. The molecule has 0 radical (unpaired) electrons. The summed E-state index contributed by atoms with van der Waals surface area (Å²) in [7, 11) is 0. The van der Waals surface area contributed by atoms with E-state index in [0.29, 0.717) is 11.9 Å². The van der Waals surface area contributed by atoms with E-state index < -0.39 is 0 Å². The van der Waals surface area contributed by atoms with Gasteiger partial charge < -0.3 is 15.1 Å². The Morgan fingerprint density at radius 1 is 1.00 bits per heavy atom. The number of nitrogens with one attached hydrogen (secondary N) is 1. The van der Waals surface area contributed by atoms with E-state index >= 15 is 0 Å². The van der Waals surface area contributed by atoms with Crippen LogP contribution >= 0.6 is 0 Å². The van der Waals surface area contributed by atoms with Crippen molar-refractivity contribution in [3.8, 4) is 0 Å². The fourth-order valence-electron chi connectivity index (χ4n) is 3.98. The monoisotopic (exact) mass is 352 g/mol. The number of urea groups is 1. The lowest BCUT2D eigenvalue weighted by molar-refractivity contribution is -0.138. The Balaban J connectivity index is 1.74. The van der Waals surface area contributed by atoms with Gasteiger partial charge in [-0.1, -0.05) is 0 Å². The van der Waals surface area contributed by atoms with Gasteiger partial charge in [-0.05, 0) is 53.4 Å². The number of piperazine rings is 1. The highest BCUT2D eigenvalue weighted by Gasteiger charge is 2.32. The number of nitrogens with zero attached hydrogens (tertiary/aromatic N) is 3. The number of carbonyl (C=O) groups is 2. The van der Waals surface area contributed by atoms with Crippen LogP contribution in [0.3, 0.4) is 0 Å². The van der Waals surface area contributed by atoms with Crippen molar-refractivity contribution in [2.75, 3.05) is 39.3 Å². The van der Waals surface area contributed by atoms with Crippen molar-refractivity contribution in [3.63, 3.8) is 0 Å². The minimum Gasteiger partial charge on any atom is -0.340 e. The molecule has 1 heterocycles. The van der Waals surface area contributed by atoms with Crippen LogP contribution in [0.4, 0.5) is 4.79 Å². The van der Waals surface area contributed by atoms with E-state index in [1.165, 1.54) is 0 Å². The third kappa shape index (κ3) is 5.33. The lowest BCUT2D eigenvalue weighted by Gasteiger charge is -2.39. The summed E-state index contributed by atoms with van der Waals surface area (Å²) in [6.45, 7) is 13.6. The number of rotatable bonds is 5. The summed E-state index contributed by atoms with van der Waals surface area (Å²) >= 11 is 0. The maximum absolute atomic E-state index is 12.8. The van der Waals surface area contributed by atoms with Crippen LogP contribution in [0.25, 0.3) is 0 Å². The Morgan fingerprint density at radius 3 is 2.04 bits per heavy atom. The van der Waals surface area contributed by atoms with Crippen molar-refractivity contribution < 1.29 is 9.59 Å². The molecule has 1 aliphatic heterocycles. The van der Waals surface area contributed by atoms with Crippen molar-refractivity contribution in [1.29, 1.82) is 0 Å². The van der Waals surface area contributed by atoms with Crippen molar-refractivity contribution >= 4 is 11.9 Å². The molecule has 144 valence electrons. The van der Waals surface area contributed by atoms with Gasteiger partial charge in [-0.2, -0.15) is 0 Å². The molecular weight excluding hydrogens is 316 g/mol. The summed E-state index contributed by atoms with van der Waals surface area (Å²) in [5.41, 5.74) is 0. The Labute approximate surface area is 152 Å². The minimum absolute atomic E-state index is 0.0320. The lowest BCUT2D eigenvalue weighted by atomic mass is 9.85. The molecule has 0 aromatic carbocycles. The van der Waals surface area contributed by atoms with Gasteiger partial charge in [0.1, 0.15) is 0 Å². The van der Waals surface area contributed by atoms with Gasteiger partial charge >= 0.3 is 6.03 Å². The van der Waals surface area contributed by atoms with Crippen LogP contribution in [0.1, 0.15) is 53.4 Å². The molecule has 0 atom stereocenters. The predicted octanol–water partition coefficient (Wildman–Crippen LogP) is 2.15. The predicted molar refractivity (Wildman–Crippen MR) is 100 cm³/mol. The third-order valence-corrected chi connectivity index (χ3v) is 5.81.